The van der Waals surface area contributed by atoms with Crippen molar-refractivity contribution in [1.29, 1.82) is 0 Å². The predicted octanol–water partition coefficient (Wildman–Crippen LogP) is 1.40. The van der Waals surface area contributed by atoms with Crippen molar-refractivity contribution in [2.24, 2.45) is 7.05 Å². The highest BCUT2D eigenvalue weighted by Crippen LogP contribution is 2.15. The summed E-state index contributed by atoms with van der Waals surface area (Å²) in [6.07, 6.45) is 6.63. The lowest BCUT2D eigenvalue weighted by Crippen LogP contribution is -2.48. The fourth-order valence-electron chi connectivity index (χ4n) is 2.62. The topological polar surface area (TPSA) is 90.3 Å². The van der Waals surface area contributed by atoms with Gasteiger partial charge in [0.25, 0.3) is 11.5 Å². The number of carbonyl (C=O) groups excluding carboxylic acids is 2. The van der Waals surface area contributed by atoms with E-state index < -0.39 is 24.0 Å². The number of terminal acetylenes is 1. The molecule has 0 atom stereocenters. The monoisotopic (exact) mass is 355 g/mol. The van der Waals surface area contributed by atoms with Crippen molar-refractivity contribution in [1.82, 2.24) is 15.1 Å². The SMILES string of the molecule is C#CC(CC)(CC)NC(=O)COC(=O)c1nn(C)c(=O)c2ccccc12. The summed E-state index contributed by atoms with van der Waals surface area (Å²) in [7, 11) is 1.45. The molecule has 0 saturated heterocycles. The first-order chi connectivity index (χ1) is 12.4. The lowest BCUT2D eigenvalue weighted by atomic mass is 9.94. The standard InChI is InChI=1S/C19H21N3O4/c1-5-19(6-2,7-3)20-15(23)12-26-18(25)16-13-10-8-9-11-14(13)17(24)22(4)21-16/h1,8-11H,6-7,12H2,2-4H3,(H,20,23). The minimum atomic E-state index is -0.786. The Morgan fingerprint density at radius 2 is 1.88 bits per heavy atom. The first-order valence-electron chi connectivity index (χ1n) is 8.29. The van der Waals surface area contributed by atoms with E-state index in [0.717, 1.165) is 4.68 Å². The Morgan fingerprint density at radius 3 is 2.46 bits per heavy atom. The van der Waals surface area contributed by atoms with Gasteiger partial charge in [0.2, 0.25) is 0 Å². The molecule has 1 amide bonds. The Hall–Kier alpha value is -3.14. The summed E-state index contributed by atoms with van der Waals surface area (Å²) < 4.78 is 6.14. The third kappa shape index (κ3) is 3.75. The molecule has 2 aromatic rings. The molecule has 1 N–H and O–H groups in total. The maximum absolute atomic E-state index is 12.4. The van der Waals surface area contributed by atoms with E-state index in [0.29, 0.717) is 23.6 Å². The molecule has 1 aromatic carbocycles. The first-order valence-corrected chi connectivity index (χ1v) is 8.29. The fraction of sp³-hybridized carbons (Fsp3) is 0.368. The highest BCUT2D eigenvalue weighted by Gasteiger charge is 2.26. The van der Waals surface area contributed by atoms with Crippen LogP contribution in [-0.2, 0) is 16.6 Å². The summed E-state index contributed by atoms with van der Waals surface area (Å²) in [6, 6.07) is 6.60. The summed E-state index contributed by atoms with van der Waals surface area (Å²) in [5.41, 5.74) is -1.10. The minimum Gasteiger partial charge on any atom is -0.451 e. The van der Waals surface area contributed by atoms with Gasteiger partial charge < -0.3 is 10.1 Å². The van der Waals surface area contributed by atoms with Crippen molar-refractivity contribution in [3.05, 3.63) is 40.3 Å². The van der Waals surface area contributed by atoms with E-state index >= 15 is 0 Å². The number of aromatic nitrogens is 2. The Bertz CT molecular complexity index is 936. The normalized spacial score (nSPS) is 11.0. The van der Waals surface area contributed by atoms with E-state index in [1.807, 2.05) is 13.8 Å². The number of rotatable bonds is 6. The number of aryl methyl sites for hydroxylation is 1. The van der Waals surface area contributed by atoms with Crippen molar-refractivity contribution in [3.8, 4) is 12.3 Å². The molecule has 0 unspecified atom stereocenters. The van der Waals surface area contributed by atoms with Crippen molar-refractivity contribution < 1.29 is 14.3 Å². The average Bonchev–Trinajstić information content (AvgIpc) is 2.67. The minimum absolute atomic E-state index is 0.0234. The molecular formula is C19H21N3O4. The molecule has 26 heavy (non-hydrogen) atoms. The molecule has 136 valence electrons. The van der Waals surface area contributed by atoms with E-state index in [4.69, 9.17) is 11.2 Å². The predicted molar refractivity (Wildman–Crippen MR) is 97.6 cm³/mol. The van der Waals surface area contributed by atoms with Crippen molar-refractivity contribution >= 4 is 22.6 Å². The number of hydrogen-bond donors (Lipinski definition) is 1. The molecule has 7 nitrogen and oxygen atoms in total. The molecule has 1 aromatic heterocycles. The van der Waals surface area contributed by atoms with Gasteiger partial charge in [0, 0.05) is 12.4 Å². The van der Waals surface area contributed by atoms with Gasteiger partial charge in [-0.05, 0) is 18.9 Å². The lowest BCUT2D eigenvalue weighted by Gasteiger charge is -2.26. The maximum atomic E-state index is 12.4. The molecule has 0 fully saturated rings. The number of ether oxygens (including phenoxy) is 1. The molecule has 0 aliphatic rings. The van der Waals surface area contributed by atoms with Crippen LogP contribution in [0.1, 0.15) is 37.2 Å². The van der Waals surface area contributed by atoms with Crippen LogP contribution < -0.4 is 10.9 Å². The molecule has 2 rings (SSSR count). The second-order valence-electron chi connectivity index (χ2n) is 5.88. The number of esters is 1. The molecule has 0 aliphatic carbocycles. The molecule has 0 aliphatic heterocycles. The van der Waals surface area contributed by atoms with Crippen LogP contribution in [0.2, 0.25) is 0 Å². The molecule has 0 spiro atoms. The number of carbonyl (C=O) groups is 2. The second-order valence-corrected chi connectivity index (χ2v) is 5.88. The van der Waals surface area contributed by atoms with Crippen LogP contribution in [0.15, 0.2) is 29.1 Å². The largest absolute Gasteiger partial charge is 0.451 e. The molecule has 7 heteroatoms. The van der Waals surface area contributed by atoms with E-state index in [2.05, 4.69) is 16.3 Å². The molecule has 0 radical (unpaired) electrons. The smallest absolute Gasteiger partial charge is 0.359 e. The van der Waals surface area contributed by atoms with Gasteiger partial charge in [-0.3, -0.25) is 9.59 Å². The van der Waals surface area contributed by atoms with E-state index in [1.54, 1.807) is 24.3 Å². The van der Waals surface area contributed by atoms with Gasteiger partial charge in [0.05, 0.1) is 5.39 Å². The van der Waals surface area contributed by atoms with Gasteiger partial charge in [-0.15, -0.1) is 6.42 Å². The number of hydrogen-bond acceptors (Lipinski definition) is 5. The lowest BCUT2D eigenvalue weighted by molar-refractivity contribution is -0.125. The van der Waals surface area contributed by atoms with Crippen LogP contribution >= 0.6 is 0 Å². The maximum Gasteiger partial charge on any atom is 0.359 e. The number of benzene rings is 1. The van der Waals surface area contributed by atoms with Crippen molar-refractivity contribution in [2.75, 3.05) is 6.61 Å². The fourth-order valence-corrected chi connectivity index (χ4v) is 2.62. The van der Waals surface area contributed by atoms with E-state index in [1.165, 1.54) is 7.05 Å². The second kappa shape index (κ2) is 7.83. The van der Waals surface area contributed by atoms with Crippen LogP contribution in [0.3, 0.4) is 0 Å². The summed E-state index contributed by atoms with van der Waals surface area (Å²) >= 11 is 0. The first kappa shape index (κ1) is 19.2. The van der Waals surface area contributed by atoms with Crippen LogP contribution in [-0.4, -0.2) is 33.8 Å². The average molecular weight is 355 g/mol. The van der Waals surface area contributed by atoms with Crippen LogP contribution in [0.4, 0.5) is 0 Å². The Labute approximate surface area is 151 Å². The third-order valence-corrected chi connectivity index (χ3v) is 4.35. The highest BCUT2D eigenvalue weighted by molar-refractivity contribution is 6.02. The molecular weight excluding hydrogens is 334 g/mol. The Morgan fingerprint density at radius 1 is 1.27 bits per heavy atom. The van der Waals surface area contributed by atoms with E-state index in [9.17, 15) is 14.4 Å². The summed E-state index contributed by atoms with van der Waals surface area (Å²) in [5.74, 6) is 1.30. The number of nitrogens with zero attached hydrogens (tertiary/aromatic N) is 2. The van der Waals surface area contributed by atoms with Gasteiger partial charge in [-0.2, -0.15) is 5.10 Å². The zero-order valence-electron chi connectivity index (χ0n) is 15.0. The summed E-state index contributed by atoms with van der Waals surface area (Å²) in [4.78, 5) is 36.6. The Balaban J connectivity index is 2.18. The molecule has 0 saturated carbocycles. The van der Waals surface area contributed by atoms with Gasteiger partial charge in [0.1, 0.15) is 5.54 Å². The highest BCUT2D eigenvalue weighted by atomic mass is 16.5. The summed E-state index contributed by atoms with van der Waals surface area (Å²) in [6.45, 7) is 3.26. The zero-order valence-corrected chi connectivity index (χ0v) is 15.0. The van der Waals surface area contributed by atoms with Gasteiger partial charge in [-0.25, -0.2) is 9.48 Å². The summed E-state index contributed by atoms with van der Waals surface area (Å²) in [5, 5.41) is 7.41. The van der Waals surface area contributed by atoms with Crippen LogP contribution in [0.5, 0.6) is 0 Å². The quantitative estimate of drug-likeness (QED) is 0.625. The third-order valence-electron chi connectivity index (χ3n) is 4.35. The van der Waals surface area contributed by atoms with Crippen LogP contribution in [0, 0.1) is 12.3 Å². The van der Waals surface area contributed by atoms with Gasteiger partial charge in [0.15, 0.2) is 12.3 Å². The molecule has 1 heterocycles. The number of fused-ring (bicyclic) bond motifs is 1. The van der Waals surface area contributed by atoms with Crippen molar-refractivity contribution in [3.63, 3.8) is 0 Å². The molecule has 0 bridgehead atoms. The Kier molecular flexibility index (Phi) is 5.78. The van der Waals surface area contributed by atoms with Gasteiger partial charge in [-0.1, -0.05) is 38.0 Å². The van der Waals surface area contributed by atoms with Crippen LogP contribution in [0.25, 0.3) is 10.8 Å². The zero-order chi connectivity index (χ0) is 19.3. The van der Waals surface area contributed by atoms with Crippen molar-refractivity contribution in [2.45, 2.75) is 32.2 Å². The number of nitrogens with one attached hydrogen (secondary N) is 1. The van der Waals surface area contributed by atoms with Gasteiger partial charge >= 0.3 is 5.97 Å². The van der Waals surface area contributed by atoms with E-state index in [-0.39, 0.29) is 11.3 Å². The number of amides is 1.